The Morgan fingerprint density at radius 2 is 1.89 bits per heavy atom. The summed E-state index contributed by atoms with van der Waals surface area (Å²) in [4.78, 5) is 29.9. The Labute approximate surface area is 167 Å². The molecule has 1 aromatic carbocycles. The summed E-state index contributed by atoms with van der Waals surface area (Å²) in [5, 5.41) is 2.98. The Morgan fingerprint density at radius 3 is 2.61 bits per heavy atom. The van der Waals surface area contributed by atoms with E-state index < -0.39 is 5.54 Å². The van der Waals surface area contributed by atoms with Crippen molar-refractivity contribution in [1.82, 2.24) is 9.80 Å². The Bertz CT molecular complexity index is 749. The summed E-state index contributed by atoms with van der Waals surface area (Å²) in [6, 6.07) is 6.05. The van der Waals surface area contributed by atoms with Crippen molar-refractivity contribution in [1.29, 1.82) is 0 Å². The van der Waals surface area contributed by atoms with Crippen LogP contribution >= 0.6 is 0 Å². The second kappa shape index (κ2) is 7.84. The highest BCUT2D eigenvalue weighted by molar-refractivity contribution is 5.94. The summed E-state index contributed by atoms with van der Waals surface area (Å²) in [6.45, 7) is 8.12. The van der Waals surface area contributed by atoms with Gasteiger partial charge in [-0.3, -0.25) is 14.5 Å². The summed E-state index contributed by atoms with van der Waals surface area (Å²) >= 11 is 0. The molecule has 3 aliphatic rings. The van der Waals surface area contributed by atoms with Crippen molar-refractivity contribution in [2.75, 3.05) is 31.6 Å². The fourth-order valence-corrected chi connectivity index (χ4v) is 4.61. The number of ether oxygens (including phenoxy) is 1. The zero-order valence-electron chi connectivity index (χ0n) is 17.0. The lowest BCUT2D eigenvalue weighted by atomic mass is 9.95. The topological polar surface area (TPSA) is 61.9 Å². The van der Waals surface area contributed by atoms with E-state index >= 15 is 0 Å². The molecule has 6 heteroatoms. The van der Waals surface area contributed by atoms with E-state index in [9.17, 15) is 9.59 Å². The largest absolute Gasteiger partial charge is 0.368 e. The Morgan fingerprint density at radius 1 is 1.11 bits per heavy atom. The molecule has 0 bridgehead atoms. The van der Waals surface area contributed by atoms with Crippen LogP contribution in [-0.2, 0) is 27.3 Å². The summed E-state index contributed by atoms with van der Waals surface area (Å²) in [6.07, 6.45) is 4.59. The highest BCUT2D eigenvalue weighted by atomic mass is 16.5. The van der Waals surface area contributed by atoms with Crippen molar-refractivity contribution in [3.8, 4) is 0 Å². The maximum Gasteiger partial charge on any atom is 0.253 e. The summed E-state index contributed by atoms with van der Waals surface area (Å²) < 4.78 is 5.46. The van der Waals surface area contributed by atoms with Gasteiger partial charge in [-0.25, -0.2) is 0 Å². The molecule has 0 spiro atoms. The van der Waals surface area contributed by atoms with Crippen LogP contribution in [0.5, 0.6) is 0 Å². The maximum atomic E-state index is 13.3. The third-order valence-electron chi connectivity index (χ3n) is 6.42. The van der Waals surface area contributed by atoms with Crippen LogP contribution in [0.25, 0.3) is 0 Å². The molecule has 1 N–H and O–H groups in total. The first-order chi connectivity index (χ1) is 13.4. The lowest BCUT2D eigenvalue weighted by Crippen LogP contribution is -2.55. The first kappa shape index (κ1) is 19.4. The molecule has 4 rings (SSSR count). The fourth-order valence-electron chi connectivity index (χ4n) is 4.61. The van der Waals surface area contributed by atoms with E-state index in [-0.39, 0.29) is 17.9 Å². The number of rotatable bonds is 4. The van der Waals surface area contributed by atoms with Gasteiger partial charge < -0.3 is 15.0 Å². The van der Waals surface area contributed by atoms with Crippen LogP contribution < -0.4 is 5.32 Å². The highest BCUT2D eigenvalue weighted by Crippen LogP contribution is 2.28. The summed E-state index contributed by atoms with van der Waals surface area (Å²) in [7, 11) is 0. The second-order valence-electron chi connectivity index (χ2n) is 8.70. The molecule has 0 unspecified atom stereocenters. The average Bonchev–Trinajstić information content (AvgIpc) is 3.40. The predicted molar refractivity (Wildman–Crippen MR) is 108 cm³/mol. The molecule has 1 atom stereocenters. The quantitative estimate of drug-likeness (QED) is 0.865. The Hall–Kier alpha value is -1.92. The van der Waals surface area contributed by atoms with Crippen LogP contribution in [0.3, 0.4) is 0 Å². The lowest BCUT2D eigenvalue weighted by Gasteiger charge is -2.40. The van der Waals surface area contributed by atoms with Gasteiger partial charge in [0.15, 0.2) is 0 Å². The van der Waals surface area contributed by atoms with E-state index in [1.165, 1.54) is 18.4 Å². The van der Waals surface area contributed by atoms with Crippen LogP contribution in [-0.4, -0.2) is 59.5 Å². The monoisotopic (exact) mass is 385 g/mol. The molecule has 0 aromatic heterocycles. The summed E-state index contributed by atoms with van der Waals surface area (Å²) in [5.74, 6) is 0.130. The lowest BCUT2D eigenvalue weighted by molar-refractivity contribution is -0.143. The van der Waals surface area contributed by atoms with Gasteiger partial charge in [0.1, 0.15) is 6.10 Å². The zero-order chi connectivity index (χ0) is 19.7. The standard InChI is InChI=1S/C22H31N3O3/c1-22(2,25-10-3-4-11-25)21(27)24-12-9-16-7-8-18(14-17(16)15-24)23-20(26)19-6-5-13-28-19/h7-8,14,19H,3-6,9-13,15H2,1-2H3,(H,23,26)/t19-/m1/s1. The van der Waals surface area contributed by atoms with Crippen LogP contribution in [0, 0.1) is 0 Å². The van der Waals surface area contributed by atoms with Crippen LogP contribution in [0.2, 0.25) is 0 Å². The molecule has 6 nitrogen and oxygen atoms in total. The molecule has 3 aliphatic heterocycles. The third kappa shape index (κ3) is 3.80. The number of hydrogen-bond acceptors (Lipinski definition) is 4. The number of nitrogens with one attached hydrogen (secondary N) is 1. The predicted octanol–water partition coefficient (Wildman–Crippen LogP) is 2.56. The van der Waals surface area contributed by atoms with E-state index in [1.807, 2.05) is 17.0 Å². The van der Waals surface area contributed by atoms with E-state index in [0.29, 0.717) is 13.2 Å². The average molecular weight is 386 g/mol. The number of carbonyl (C=O) groups is 2. The van der Waals surface area contributed by atoms with Crippen molar-refractivity contribution >= 4 is 17.5 Å². The number of fused-ring (bicyclic) bond motifs is 1. The van der Waals surface area contributed by atoms with Crippen molar-refractivity contribution in [2.24, 2.45) is 0 Å². The molecular weight excluding hydrogens is 354 g/mol. The third-order valence-corrected chi connectivity index (χ3v) is 6.42. The first-order valence-electron chi connectivity index (χ1n) is 10.5. The Balaban J connectivity index is 1.45. The number of likely N-dealkylation sites (tertiary alicyclic amines) is 1. The maximum absolute atomic E-state index is 13.3. The van der Waals surface area contributed by atoms with E-state index in [4.69, 9.17) is 4.74 Å². The number of hydrogen-bond donors (Lipinski definition) is 1. The minimum Gasteiger partial charge on any atom is -0.368 e. The van der Waals surface area contributed by atoms with Gasteiger partial charge in [0.25, 0.3) is 5.91 Å². The fraction of sp³-hybridized carbons (Fsp3) is 0.636. The van der Waals surface area contributed by atoms with Gasteiger partial charge in [-0.1, -0.05) is 6.07 Å². The second-order valence-corrected chi connectivity index (χ2v) is 8.70. The molecule has 2 fully saturated rings. The minimum absolute atomic E-state index is 0.0728. The van der Waals surface area contributed by atoms with Gasteiger partial charge in [0.05, 0.1) is 5.54 Å². The van der Waals surface area contributed by atoms with Gasteiger partial charge in [-0.15, -0.1) is 0 Å². The Kier molecular flexibility index (Phi) is 5.43. The van der Waals surface area contributed by atoms with E-state index in [1.54, 1.807) is 0 Å². The van der Waals surface area contributed by atoms with E-state index in [0.717, 1.165) is 50.1 Å². The van der Waals surface area contributed by atoms with Gasteiger partial charge >= 0.3 is 0 Å². The first-order valence-corrected chi connectivity index (χ1v) is 10.5. The molecule has 3 heterocycles. The minimum atomic E-state index is -0.459. The molecule has 0 saturated carbocycles. The van der Waals surface area contributed by atoms with Crippen molar-refractivity contribution in [2.45, 2.75) is 64.1 Å². The van der Waals surface area contributed by atoms with E-state index in [2.05, 4.69) is 30.1 Å². The van der Waals surface area contributed by atoms with Crippen LogP contribution in [0.4, 0.5) is 5.69 Å². The van der Waals surface area contributed by atoms with Crippen LogP contribution in [0.1, 0.15) is 50.7 Å². The molecule has 2 saturated heterocycles. The number of anilines is 1. The number of nitrogens with zero attached hydrogens (tertiary/aromatic N) is 2. The van der Waals surface area contributed by atoms with Gasteiger partial charge in [-0.2, -0.15) is 0 Å². The van der Waals surface area contributed by atoms with Crippen LogP contribution in [0.15, 0.2) is 18.2 Å². The van der Waals surface area contributed by atoms with Gasteiger partial charge in [-0.05, 0) is 82.3 Å². The molecular formula is C22H31N3O3. The van der Waals surface area contributed by atoms with Crippen molar-refractivity contribution < 1.29 is 14.3 Å². The number of carbonyl (C=O) groups excluding carboxylic acids is 2. The number of benzene rings is 1. The highest BCUT2D eigenvalue weighted by Gasteiger charge is 2.39. The molecule has 2 amide bonds. The number of amides is 2. The molecule has 1 aromatic rings. The molecule has 0 radical (unpaired) electrons. The smallest absolute Gasteiger partial charge is 0.253 e. The molecule has 28 heavy (non-hydrogen) atoms. The molecule has 0 aliphatic carbocycles. The van der Waals surface area contributed by atoms with Gasteiger partial charge in [0.2, 0.25) is 5.91 Å². The summed E-state index contributed by atoms with van der Waals surface area (Å²) in [5.41, 5.74) is 2.71. The molecule has 152 valence electrons. The van der Waals surface area contributed by atoms with Crippen molar-refractivity contribution in [3.63, 3.8) is 0 Å². The normalized spacial score (nSPS) is 22.9. The zero-order valence-corrected chi connectivity index (χ0v) is 17.0. The SMILES string of the molecule is CC(C)(C(=O)N1CCc2ccc(NC(=O)[C@H]3CCCO3)cc2C1)N1CCCC1. The van der Waals surface area contributed by atoms with Crippen molar-refractivity contribution in [3.05, 3.63) is 29.3 Å². The van der Waals surface area contributed by atoms with Gasteiger partial charge in [0, 0.05) is 25.4 Å².